The van der Waals surface area contributed by atoms with Crippen LogP contribution in [0.1, 0.15) is 25.3 Å². The van der Waals surface area contributed by atoms with Gasteiger partial charge in [-0.15, -0.1) is 0 Å². The van der Waals surface area contributed by atoms with Gasteiger partial charge in [0.15, 0.2) is 0 Å². The van der Waals surface area contributed by atoms with Gasteiger partial charge in [-0.1, -0.05) is 30.3 Å². The van der Waals surface area contributed by atoms with E-state index in [2.05, 4.69) is 15.3 Å². The van der Waals surface area contributed by atoms with Crippen molar-refractivity contribution >= 4 is 23.3 Å². The zero-order valence-corrected chi connectivity index (χ0v) is 15.7. The second-order valence-corrected chi connectivity index (χ2v) is 6.53. The minimum absolute atomic E-state index is 0.164. The van der Waals surface area contributed by atoms with Crippen LogP contribution in [-0.4, -0.2) is 40.6 Å². The van der Waals surface area contributed by atoms with Crippen molar-refractivity contribution in [2.45, 2.75) is 26.3 Å². The SMILES string of the molecule is CCOC(=O)C1CCCN(c2ncnc(NCc3ccccc3)c2[N+](=O)[O-])C1. The third-order valence-electron chi connectivity index (χ3n) is 4.63. The number of carbonyl (C=O) groups excluding carboxylic acids is 1. The summed E-state index contributed by atoms with van der Waals surface area (Å²) in [6.45, 7) is 3.42. The van der Waals surface area contributed by atoms with E-state index in [4.69, 9.17) is 4.74 Å². The number of nitrogens with zero attached hydrogens (tertiary/aromatic N) is 4. The summed E-state index contributed by atoms with van der Waals surface area (Å²) in [5, 5.41) is 14.8. The summed E-state index contributed by atoms with van der Waals surface area (Å²) in [5.41, 5.74) is 0.806. The molecule has 1 saturated heterocycles. The Bertz CT molecular complexity index is 830. The summed E-state index contributed by atoms with van der Waals surface area (Å²) in [5.74, 6) is -0.197. The van der Waals surface area contributed by atoms with E-state index in [0.29, 0.717) is 32.7 Å². The monoisotopic (exact) mass is 385 g/mol. The molecule has 0 saturated carbocycles. The lowest BCUT2D eigenvalue weighted by molar-refractivity contribution is -0.383. The molecule has 2 heterocycles. The van der Waals surface area contributed by atoms with Gasteiger partial charge in [-0.25, -0.2) is 9.97 Å². The number of nitro groups is 1. The van der Waals surface area contributed by atoms with Crippen LogP contribution in [0.15, 0.2) is 36.7 Å². The second kappa shape index (κ2) is 9.12. The number of piperidine rings is 1. The Labute approximate surface area is 162 Å². The number of nitrogens with one attached hydrogen (secondary N) is 1. The molecular weight excluding hydrogens is 362 g/mol. The maximum Gasteiger partial charge on any atom is 0.353 e. The lowest BCUT2D eigenvalue weighted by Gasteiger charge is -2.32. The smallest absolute Gasteiger partial charge is 0.353 e. The number of carbonyl (C=O) groups is 1. The van der Waals surface area contributed by atoms with Gasteiger partial charge in [0.25, 0.3) is 0 Å². The minimum Gasteiger partial charge on any atom is -0.466 e. The molecule has 1 unspecified atom stereocenters. The van der Waals surface area contributed by atoms with Gasteiger partial charge in [0.05, 0.1) is 17.4 Å². The first-order valence-corrected chi connectivity index (χ1v) is 9.29. The Morgan fingerprint density at radius 2 is 2.14 bits per heavy atom. The van der Waals surface area contributed by atoms with Gasteiger partial charge < -0.3 is 15.0 Å². The lowest BCUT2D eigenvalue weighted by atomic mass is 9.98. The van der Waals surface area contributed by atoms with Crippen LogP contribution in [-0.2, 0) is 16.1 Å². The molecule has 2 aromatic rings. The molecule has 1 aromatic carbocycles. The van der Waals surface area contributed by atoms with Crippen molar-refractivity contribution in [3.05, 3.63) is 52.3 Å². The molecule has 1 aromatic heterocycles. The van der Waals surface area contributed by atoms with Crippen molar-refractivity contribution in [1.82, 2.24) is 9.97 Å². The van der Waals surface area contributed by atoms with E-state index < -0.39 is 4.92 Å². The van der Waals surface area contributed by atoms with Crippen LogP contribution < -0.4 is 10.2 Å². The van der Waals surface area contributed by atoms with Gasteiger partial charge in [-0.2, -0.15) is 0 Å². The molecule has 1 fully saturated rings. The van der Waals surface area contributed by atoms with Crippen LogP contribution in [0, 0.1) is 16.0 Å². The number of benzene rings is 1. The number of hydrogen-bond donors (Lipinski definition) is 1. The molecule has 9 nitrogen and oxygen atoms in total. The summed E-state index contributed by atoms with van der Waals surface area (Å²) in [6, 6.07) is 9.57. The first-order chi connectivity index (χ1) is 13.6. The lowest BCUT2D eigenvalue weighted by Crippen LogP contribution is -2.40. The zero-order chi connectivity index (χ0) is 19.9. The van der Waals surface area contributed by atoms with Crippen LogP contribution in [0.2, 0.25) is 0 Å². The van der Waals surface area contributed by atoms with Crippen LogP contribution in [0.5, 0.6) is 0 Å². The molecule has 9 heteroatoms. The largest absolute Gasteiger partial charge is 0.466 e. The summed E-state index contributed by atoms with van der Waals surface area (Å²) < 4.78 is 5.11. The normalized spacial score (nSPS) is 16.5. The number of aromatic nitrogens is 2. The highest BCUT2D eigenvalue weighted by atomic mass is 16.6. The Kier molecular flexibility index (Phi) is 6.36. The summed E-state index contributed by atoms with van der Waals surface area (Å²) in [4.78, 5) is 33.4. The van der Waals surface area contributed by atoms with E-state index in [1.807, 2.05) is 30.3 Å². The fourth-order valence-corrected chi connectivity index (χ4v) is 3.30. The number of anilines is 2. The highest BCUT2D eigenvalue weighted by Crippen LogP contribution is 2.34. The standard InChI is InChI=1S/C19H23N5O4/c1-2-28-19(25)15-9-6-10-23(12-15)18-16(24(26)27)17(21-13-22-18)20-11-14-7-4-3-5-8-14/h3-5,7-8,13,15H,2,6,9-12H2,1H3,(H,20,21,22). The van der Waals surface area contributed by atoms with Crippen LogP contribution in [0.3, 0.4) is 0 Å². The van der Waals surface area contributed by atoms with E-state index in [0.717, 1.165) is 12.0 Å². The summed E-state index contributed by atoms with van der Waals surface area (Å²) >= 11 is 0. The zero-order valence-electron chi connectivity index (χ0n) is 15.7. The highest BCUT2D eigenvalue weighted by Gasteiger charge is 2.33. The molecule has 28 heavy (non-hydrogen) atoms. The third-order valence-corrected chi connectivity index (χ3v) is 4.63. The van der Waals surface area contributed by atoms with E-state index in [-0.39, 0.29) is 29.2 Å². The van der Waals surface area contributed by atoms with Crippen molar-refractivity contribution in [1.29, 1.82) is 0 Å². The molecule has 0 aliphatic carbocycles. The molecular formula is C19H23N5O4. The van der Waals surface area contributed by atoms with Crippen LogP contribution in [0.25, 0.3) is 0 Å². The third kappa shape index (κ3) is 4.54. The maximum absolute atomic E-state index is 12.1. The summed E-state index contributed by atoms with van der Waals surface area (Å²) in [7, 11) is 0. The molecule has 0 bridgehead atoms. The van der Waals surface area contributed by atoms with Gasteiger partial charge in [0.1, 0.15) is 6.33 Å². The first-order valence-electron chi connectivity index (χ1n) is 9.29. The topological polar surface area (TPSA) is 110 Å². The van der Waals surface area contributed by atoms with Gasteiger partial charge in [0.2, 0.25) is 11.6 Å². The van der Waals surface area contributed by atoms with Crippen molar-refractivity contribution in [2.24, 2.45) is 5.92 Å². The van der Waals surface area contributed by atoms with E-state index in [1.54, 1.807) is 11.8 Å². The average molecular weight is 385 g/mol. The number of rotatable bonds is 7. The number of esters is 1. The highest BCUT2D eigenvalue weighted by molar-refractivity contribution is 5.75. The fraction of sp³-hybridized carbons (Fsp3) is 0.421. The number of hydrogen-bond acceptors (Lipinski definition) is 8. The Morgan fingerprint density at radius 1 is 1.36 bits per heavy atom. The van der Waals surface area contributed by atoms with E-state index in [9.17, 15) is 14.9 Å². The van der Waals surface area contributed by atoms with Gasteiger partial charge in [-0.3, -0.25) is 14.9 Å². The van der Waals surface area contributed by atoms with E-state index >= 15 is 0 Å². The van der Waals surface area contributed by atoms with Crippen LogP contribution in [0.4, 0.5) is 17.3 Å². The predicted molar refractivity (Wildman–Crippen MR) is 104 cm³/mol. The number of ether oxygens (including phenoxy) is 1. The van der Waals surface area contributed by atoms with Crippen molar-refractivity contribution in [2.75, 3.05) is 29.9 Å². The quantitative estimate of drug-likeness (QED) is 0.440. The van der Waals surface area contributed by atoms with E-state index in [1.165, 1.54) is 6.33 Å². The summed E-state index contributed by atoms with van der Waals surface area (Å²) in [6.07, 6.45) is 2.74. The van der Waals surface area contributed by atoms with Gasteiger partial charge in [-0.05, 0) is 25.3 Å². The minimum atomic E-state index is -0.476. The van der Waals surface area contributed by atoms with Gasteiger partial charge in [0, 0.05) is 19.6 Å². The predicted octanol–water partition coefficient (Wildman–Crippen LogP) is 2.78. The molecule has 1 atom stereocenters. The first kappa shape index (κ1) is 19.5. The van der Waals surface area contributed by atoms with Crippen molar-refractivity contribution < 1.29 is 14.5 Å². The average Bonchev–Trinajstić information content (AvgIpc) is 2.73. The Balaban J connectivity index is 1.82. The van der Waals surface area contributed by atoms with Crippen LogP contribution >= 0.6 is 0 Å². The molecule has 148 valence electrons. The molecule has 3 rings (SSSR count). The molecule has 0 radical (unpaired) electrons. The molecule has 1 aliphatic heterocycles. The van der Waals surface area contributed by atoms with Crippen molar-refractivity contribution in [3.63, 3.8) is 0 Å². The molecule has 1 aliphatic rings. The fourth-order valence-electron chi connectivity index (χ4n) is 3.30. The Hall–Kier alpha value is -3.23. The molecule has 0 spiro atoms. The maximum atomic E-state index is 12.1. The second-order valence-electron chi connectivity index (χ2n) is 6.53. The molecule has 1 N–H and O–H groups in total. The van der Waals surface area contributed by atoms with Crippen molar-refractivity contribution in [3.8, 4) is 0 Å². The van der Waals surface area contributed by atoms with Gasteiger partial charge >= 0.3 is 11.7 Å². The Morgan fingerprint density at radius 3 is 2.86 bits per heavy atom. The molecule has 0 amide bonds.